The van der Waals surface area contributed by atoms with Gasteiger partial charge in [-0.1, -0.05) is 32.4 Å². The Bertz CT molecular complexity index is 444. The summed E-state index contributed by atoms with van der Waals surface area (Å²) in [5.41, 5.74) is 1.32. The van der Waals surface area contributed by atoms with Gasteiger partial charge in [0.2, 0.25) is 0 Å². The molecule has 110 valence electrons. The molecule has 4 heteroatoms. The van der Waals surface area contributed by atoms with Crippen molar-refractivity contribution in [1.82, 2.24) is 5.32 Å². The molecule has 0 aliphatic heterocycles. The minimum absolute atomic E-state index is 0.164. The van der Waals surface area contributed by atoms with Crippen molar-refractivity contribution < 1.29 is 4.92 Å². The fourth-order valence-electron chi connectivity index (χ4n) is 3.30. The molecular formula is C16H24N2O2. The van der Waals surface area contributed by atoms with Crippen LogP contribution in [0.3, 0.4) is 0 Å². The Morgan fingerprint density at radius 1 is 1.30 bits per heavy atom. The van der Waals surface area contributed by atoms with E-state index < -0.39 is 0 Å². The minimum atomic E-state index is -0.354. The molecule has 1 aliphatic rings. The Morgan fingerprint density at radius 2 is 2.00 bits per heavy atom. The molecule has 3 atom stereocenters. The number of hydrogen-bond donors (Lipinski definition) is 1. The lowest BCUT2D eigenvalue weighted by atomic mass is 9.93. The van der Waals surface area contributed by atoms with Gasteiger partial charge in [0.05, 0.1) is 4.92 Å². The molecule has 0 bridgehead atoms. The van der Waals surface area contributed by atoms with Gasteiger partial charge in [-0.2, -0.15) is 0 Å². The van der Waals surface area contributed by atoms with Gasteiger partial charge >= 0.3 is 0 Å². The fraction of sp³-hybridized carbons (Fsp3) is 0.625. The smallest absolute Gasteiger partial charge is 0.269 e. The van der Waals surface area contributed by atoms with E-state index in [4.69, 9.17) is 0 Å². The first-order valence-electron chi connectivity index (χ1n) is 7.58. The quantitative estimate of drug-likeness (QED) is 0.638. The zero-order valence-electron chi connectivity index (χ0n) is 12.3. The standard InChI is InChI=1S/C16H24N2O2/c1-3-14-6-9-16(12(14)2)17-11-10-13-4-7-15(8-5-13)18(19)20/h4-5,7-8,12,14,16-17H,3,6,9-11H2,1-2H3. The fourth-order valence-corrected chi connectivity index (χ4v) is 3.30. The SMILES string of the molecule is CCC1CCC(NCCc2ccc([N+](=O)[O-])cc2)C1C. The summed E-state index contributed by atoms with van der Waals surface area (Å²) in [6.07, 6.45) is 4.83. The lowest BCUT2D eigenvalue weighted by Crippen LogP contribution is -2.34. The van der Waals surface area contributed by atoms with Gasteiger partial charge in [0.15, 0.2) is 0 Å². The molecule has 1 aromatic rings. The number of benzene rings is 1. The summed E-state index contributed by atoms with van der Waals surface area (Å²) in [6.45, 7) is 5.58. The molecular weight excluding hydrogens is 252 g/mol. The maximum absolute atomic E-state index is 10.6. The Hall–Kier alpha value is -1.42. The molecule has 20 heavy (non-hydrogen) atoms. The van der Waals surface area contributed by atoms with E-state index in [2.05, 4.69) is 19.2 Å². The van der Waals surface area contributed by atoms with E-state index in [0.717, 1.165) is 30.4 Å². The van der Waals surface area contributed by atoms with Gasteiger partial charge in [-0.3, -0.25) is 10.1 Å². The Morgan fingerprint density at radius 3 is 2.55 bits per heavy atom. The molecule has 1 fully saturated rings. The largest absolute Gasteiger partial charge is 0.313 e. The third kappa shape index (κ3) is 3.57. The van der Waals surface area contributed by atoms with Gasteiger partial charge in [-0.05, 0) is 43.2 Å². The van der Waals surface area contributed by atoms with E-state index in [-0.39, 0.29) is 10.6 Å². The van der Waals surface area contributed by atoms with E-state index in [0.29, 0.717) is 6.04 Å². The van der Waals surface area contributed by atoms with E-state index in [1.165, 1.54) is 19.3 Å². The molecule has 0 amide bonds. The molecule has 1 N–H and O–H groups in total. The van der Waals surface area contributed by atoms with Crippen molar-refractivity contribution in [3.63, 3.8) is 0 Å². The summed E-state index contributed by atoms with van der Waals surface area (Å²) in [5, 5.41) is 14.2. The van der Waals surface area contributed by atoms with Crippen molar-refractivity contribution in [1.29, 1.82) is 0 Å². The number of nitro groups is 1. The first-order valence-corrected chi connectivity index (χ1v) is 7.58. The van der Waals surface area contributed by atoms with Gasteiger partial charge in [0.25, 0.3) is 5.69 Å². The lowest BCUT2D eigenvalue weighted by molar-refractivity contribution is -0.384. The normalized spacial score (nSPS) is 25.8. The zero-order chi connectivity index (χ0) is 14.5. The van der Waals surface area contributed by atoms with Crippen LogP contribution in [0.1, 0.15) is 38.7 Å². The molecule has 1 saturated carbocycles. The number of hydrogen-bond acceptors (Lipinski definition) is 3. The highest BCUT2D eigenvalue weighted by atomic mass is 16.6. The molecule has 4 nitrogen and oxygen atoms in total. The van der Waals surface area contributed by atoms with Crippen molar-refractivity contribution in [2.45, 2.75) is 45.6 Å². The van der Waals surface area contributed by atoms with Crippen LogP contribution >= 0.6 is 0 Å². The van der Waals surface area contributed by atoms with E-state index in [1.807, 2.05) is 12.1 Å². The van der Waals surface area contributed by atoms with Crippen LogP contribution in [-0.4, -0.2) is 17.5 Å². The van der Waals surface area contributed by atoms with Crippen LogP contribution in [-0.2, 0) is 6.42 Å². The van der Waals surface area contributed by atoms with Crippen LogP contribution in [0.5, 0.6) is 0 Å². The highest BCUT2D eigenvalue weighted by Crippen LogP contribution is 2.33. The van der Waals surface area contributed by atoms with E-state index in [9.17, 15) is 10.1 Å². The Labute approximate surface area is 120 Å². The molecule has 0 saturated heterocycles. The lowest BCUT2D eigenvalue weighted by Gasteiger charge is -2.21. The molecule has 0 radical (unpaired) electrons. The van der Waals surface area contributed by atoms with Crippen LogP contribution in [0.25, 0.3) is 0 Å². The van der Waals surface area contributed by atoms with Crippen molar-refractivity contribution in [3.8, 4) is 0 Å². The number of nitro benzene ring substituents is 1. The molecule has 0 spiro atoms. The average Bonchev–Trinajstić information content (AvgIpc) is 2.80. The minimum Gasteiger partial charge on any atom is -0.313 e. The Balaban J connectivity index is 1.77. The van der Waals surface area contributed by atoms with Crippen LogP contribution in [0.15, 0.2) is 24.3 Å². The first-order chi connectivity index (χ1) is 9.61. The number of nitrogens with one attached hydrogen (secondary N) is 1. The van der Waals surface area contributed by atoms with Crippen molar-refractivity contribution in [3.05, 3.63) is 39.9 Å². The second-order valence-electron chi connectivity index (χ2n) is 5.84. The predicted molar refractivity (Wildman–Crippen MR) is 80.8 cm³/mol. The highest BCUT2D eigenvalue weighted by Gasteiger charge is 2.30. The topological polar surface area (TPSA) is 55.2 Å². The van der Waals surface area contributed by atoms with E-state index in [1.54, 1.807) is 12.1 Å². The Kier molecular flexibility index (Phi) is 5.12. The molecule has 1 aromatic carbocycles. The van der Waals surface area contributed by atoms with Crippen LogP contribution in [0.2, 0.25) is 0 Å². The second-order valence-corrected chi connectivity index (χ2v) is 5.84. The third-order valence-electron chi connectivity index (χ3n) is 4.72. The summed E-state index contributed by atoms with van der Waals surface area (Å²) in [7, 11) is 0. The first kappa shape index (κ1) is 15.0. The molecule has 3 unspecified atom stereocenters. The molecule has 2 rings (SSSR count). The van der Waals surface area contributed by atoms with Gasteiger partial charge in [-0.25, -0.2) is 0 Å². The summed E-state index contributed by atoms with van der Waals surface area (Å²) in [4.78, 5) is 10.2. The summed E-state index contributed by atoms with van der Waals surface area (Å²) in [5.74, 6) is 1.63. The predicted octanol–water partition coefficient (Wildman–Crippen LogP) is 3.55. The molecule has 0 heterocycles. The van der Waals surface area contributed by atoms with Gasteiger partial charge in [-0.15, -0.1) is 0 Å². The maximum atomic E-state index is 10.6. The number of nitrogens with zero attached hydrogens (tertiary/aromatic N) is 1. The van der Waals surface area contributed by atoms with Gasteiger partial charge in [0.1, 0.15) is 0 Å². The number of non-ortho nitro benzene ring substituents is 1. The summed E-state index contributed by atoms with van der Waals surface area (Å²) < 4.78 is 0. The highest BCUT2D eigenvalue weighted by molar-refractivity contribution is 5.32. The van der Waals surface area contributed by atoms with Crippen molar-refractivity contribution in [2.75, 3.05) is 6.54 Å². The molecule has 0 aromatic heterocycles. The monoisotopic (exact) mass is 276 g/mol. The maximum Gasteiger partial charge on any atom is 0.269 e. The average molecular weight is 276 g/mol. The van der Waals surface area contributed by atoms with Crippen LogP contribution < -0.4 is 5.32 Å². The number of rotatable bonds is 6. The van der Waals surface area contributed by atoms with Crippen LogP contribution in [0.4, 0.5) is 5.69 Å². The van der Waals surface area contributed by atoms with E-state index >= 15 is 0 Å². The molecule has 1 aliphatic carbocycles. The van der Waals surface area contributed by atoms with Crippen molar-refractivity contribution in [2.24, 2.45) is 11.8 Å². The third-order valence-corrected chi connectivity index (χ3v) is 4.72. The van der Waals surface area contributed by atoms with Crippen molar-refractivity contribution >= 4 is 5.69 Å². The zero-order valence-corrected chi connectivity index (χ0v) is 12.3. The van der Waals surface area contributed by atoms with Crippen LogP contribution in [0, 0.1) is 22.0 Å². The summed E-state index contributed by atoms with van der Waals surface area (Å²) >= 11 is 0. The summed E-state index contributed by atoms with van der Waals surface area (Å²) in [6, 6.07) is 7.51. The van der Waals surface area contributed by atoms with Gasteiger partial charge < -0.3 is 5.32 Å². The second kappa shape index (κ2) is 6.84. The van der Waals surface area contributed by atoms with Gasteiger partial charge in [0, 0.05) is 18.2 Å².